The predicted octanol–water partition coefficient (Wildman–Crippen LogP) is 0.939. The second-order valence-corrected chi connectivity index (χ2v) is 4.22. The fraction of sp³-hybridized carbons (Fsp3) is 1.00. The van der Waals surface area contributed by atoms with E-state index in [9.17, 15) is 0 Å². The highest BCUT2D eigenvalue weighted by atomic mass is 32.2. The van der Waals surface area contributed by atoms with Gasteiger partial charge in [-0.1, -0.05) is 12.8 Å². The molecule has 10 heavy (non-hydrogen) atoms. The Balaban J connectivity index is 2.11. The summed E-state index contributed by atoms with van der Waals surface area (Å²) in [6.45, 7) is 0.390. The first-order valence-corrected chi connectivity index (χ1v) is 4.81. The van der Waals surface area contributed by atoms with E-state index < -0.39 is 0 Å². The zero-order valence-electron chi connectivity index (χ0n) is 6.12. The van der Waals surface area contributed by atoms with E-state index in [1.54, 1.807) is 11.8 Å². The van der Waals surface area contributed by atoms with Crippen molar-refractivity contribution in [3.05, 3.63) is 0 Å². The van der Waals surface area contributed by atoms with E-state index in [1.165, 1.54) is 25.7 Å². The largest absolute Gasteiger partial charge is 0.381 e. The molecule has 0 amide bonds. The zero-order chi connectivity index (χ0) is 7.40. The third-order valence-electron chi connectivity index (χ3n) is 1.85. The van der Waals surface area contributed by atoms with Gasteiger partial charge in [0.15, 0.2) is 0 Å². The van der Waals surface area contributed by atoms with Crippen molar-refractivity contribution in [3.63, 3.8) is 0 Å². The van der Waals surface area contributed by atoms with E-state index in [0.29, 0.717) is 11.8 Å². The number of thioether (sulfide) groups is 1. The van der Waals surface area contributed by atoms with Crippen molar-refractivity contribution in [2.45, 2.75) is 36.4 Å². The van der Waals surface area contributed by atoms with Crippen LogP contribution >= 0.6 is 11.8 Å². The van der Waals surface area contributed by atoms with Gasteiger partial charge in [0.2, 0.25) is 0 Å². The molecule has 1 rings (SSSR count). The van der Waals surface area contributed by atoms with Crippen LogP contribution < -0.4 is 5.73 Å². The summed E-state index contributed by atoms with van der Waals surface area (Å²) in [5, 5.41) is 9.84. The van der Waals surface area contributed by atoms with E-state index in [1.807, 2.05) is 0 Å². The SMILES string of the molecule is NCC(O)SC1CCCC1. The summed E-state index contributed by atoms with van der Waals surface area (Å²) >= 11 is 1.64. The van der Waals surface area contributed by atoms with Crippen molar-refractivity contribution in [2.75, 3.05) is 6.54 Å². The molecule has 1 unspecified atom stereocenters. The highest BCUT2D eigenvalue weighted by Crippen LogP contribution is 2.30. The summed E-state index contributed by atoms with van der Waals surface area (Å²) < 4.78 is 0. The molecule has 0 bridgehead atoms. The van der Waals surface area contributed by atoms with Crippen molar-refractivity contribution in [3.8, 4) is 0 Å². The molecular formula is C7H15NOS. The highest BCUT2D eigenvalue weighted by Gasteiger charge is 2.17. The molecule has 3 N–H and O–H groups in total. The van der Waals surface area contributed by atoms with Crippen molar-refractivity contribution in [2.24, 2.45) is 5.73 Å². The lowest BCUT2D eigenvalue weighted by atomic mass is 10.4. The summed E-state index contributed by atoms with van der Waals surface area (Å²) in [4.78, 5) is 0. The van der Waals surface area contributed by atoms with E-state index in [0.717, 1.165) is 0 Å². The number of rotatable bonds is 3. The van der Waals surface area contributed by atoms with Crippen LogP contribution in [0.2, 0.25) is 0 Å². The van der Waals surface area contributed by atoms with Gasteiger partial charge in [0.1, 0.15) is 5.44 Å². The molecule has 0 aromatic carbocycles. The van der Waals surface area contributed by atoms with Crippen LogP contribution in [0.3, 0.4) is 0 Å². The maximum Gasteiger partial charge on any atom is 0.112 e. The van der Waals surface area contributed by atoms with Gasteiger partial charge >= 0.3 is 0 Å². The van der Waals surface area contributed by atoms with Crippen LogP contribution in [0.25, 0.3) is 0 Å². The van der Waals surface area contributed by atoms with Gasteiger partial charge in [0.05, 0.1) is 0 Å². The van der Waals surface area contributed by atoms with Crippen LogP contribution in [0.5, 0.6) is 0 Å². The summed E-state index contributed by atoms with van der Waals surface area (Å²) in [5.74, 6) is 0. The van der Waals surface area contributed by atoms with Crippen LogP contribution in [0, 0.1) is 0 Å². The molecular weight excluding hydrogens is 146 g/mol. The van der Waals surface area contributed by atoms with E-state index >= 15 is 0 Å². The Bertz CT molecular complexity index is 93.6. The summed E-state index contributed by atoms with van der Waals surface area (Å²) in [7, 11) is 0. The first kappa shape index (κ1) is 8.37. The Labute approximate surface area is 66.2 Å². The van der Waals surface area contributed by atoms with Crippen molar-refractivity contribution in [1.82, 2.24) is 0 Å². The molecule has 1 atom stereocenters. The van der Waals surface area contributed by atoms with Gasteiger partial charge in [-0.25, -0.2) is 0 Å². The zero-order valence-corrected chi connectivity index (χ0v) is 6.94. The second kappa shape index (κ2) is 4.21. The minimum Gasteiger partial charge on any atom is -0.381 e. The smallest absolute Gasteiger partial charge is 0.112 e. The first-order chi connectivity index (χ1) is 4.83. The molecule has 0 heterocycles. The maximum atomic E-state index is 9.16. The molecule has 0 spiro atoms. The molecule has 3 heteroatoms. The second-order valence-electron chi connectivity index (χ2n) is 2.73. The van der Waals surface area contributed by atoms with Crippen molar-refractivity contribution >= 4 is 11.8 Å². The lowest BCUT2D eigenvalue weighted by Crippen LogP contribution is -2.18. The molecule has 60 valence electrons. The monoisotopic (exact) mass is 161 g/mol. The number of nitrogens with two attached hydrogens (primary N) is 1. The minimum atomic E-state index is -0.330. The van der Waals surface area contributed by atoms with E-state index in [4.69, 9.17) is 10.8 Å². The van der Waals surface area contributed by atoms with E-state index in [2.05, 4.69) is 0 Å². The summed E-state index contributed by atoms with van der Waals surface area (Å²) in [6, 6.07) is 0. The van der Waals surface area contributed by atoms with Gasteiger partial charge in [-0.3, -0.25) is 0 Å². The Morgan fingerprint density at radius 2 is 2.10 bits per heavy atom. The molecule has 0 aromatic rings. The van der Waals surface area contributed by atoms with Gasteiger partial charge in [-0.15, -0.1) is 11.8 Å². The first-order valence-electron chi connectivity index (χ1n) is 3.86. The van der Waals surface area contributed by atoms with Crippen LogP contribution in [0.4, 0.5) is 0 Å². The standard InChI is InChI=1S/C7H15NOS/c8-5-7(9)10-6-3-1-2-4-6/h6-7,9H,1-5,8H2. The fourth-order valence-corrected chi connectivity index (χ4v) is 2.46. The fourth-order valence-electron chi connectivity index (χ4n) is 1.30. The van der Waals surface area contributed by atoms with Crippen LogP contribution in [-0.2, 0) is 0 Å². The lowest BCUT2D eigenvalue weighted by Gasteiger charge is -2.12. The Morgan fingerprint density at radius 3 is 2.60 bits per heavy atom. The van der Waals surface area contributed by atoms with Gasteiger partial charge in [-0.2, -0.15) is 0 Å². The Morgan fingerprint density at radius 1 is 1.50 bits per heavy atom. The normalized spacial score (nSPS) is 23.4. The molecule has 1 aliphatic carbocycles. The number of aliphatic hydroxyl groups is 1. The maximum absolute atomic E-state index is 9.16. The molecule has 1 saturated carbocycles. The van der Waals surface area contributed by atoms with Gasteiger partial charge in [0, 0.05) is 11.8 Å². The molecule has 0 saturated heterocycles. The summed E-state index contributed by atoms with van der Waals surface area (Å²) in [5.41, 5.74) is 4.95. The van der Waals surface area contributed by atoms with Crippen LogP contribution in [0.1, 0.15) is 25.7 Å². The van der Waals surface area contributed by atoms with Crippen LogP contribution in [0.15, 0.2) is 0 Å². The molecule has 1 aliphatic rings. The molecule has 2 nitrogen and oxygen atoms in total. The van der Waals surface area contributed by atoms with Crippen molar-refractivity contribution in [1.29, 1.82) is 0 Å². The highest BCUT2D eigenvalue weighted by molar-refractivity contribution is 8.00. The topological polar surface area (TPSA) is 46.2 Å². The number of hydrogen-bond acceptors (Lipinski definition) is 3. The average molecular weight is 161 g/mol. The lowest BCUT2D eigenvalue weighted by molar-refractivity contribution is 0.270. The third-order valence-corrected chi connectivity index (χ3v) is 3.22. The Hall–Kier alpha value is 0.270. The Kier molecular flexibility index (Phi) is 3.52. The van der Waals surface area contributed by atoms with Gasteiger partial charge in [0.25, 0.3) is 0 Å². The summed E-state index contributed by atoms with van der Waals surface area (Å²) in [6.07, 6.45) is 5.19. The van der Waals surface area contributed by atoms with Gasteiger partial charge in [-0.05, 0) is 12.8 Å². The quantitative estimate of drug-likeness (QED) is 0.606. The van der Waals surface area contributed by atoms with Gasteiger partial charge < -0.3 is 10.8 Å². The molecule has 1 fully saturated rings. The molecule has 0 radical (unpaired) electrons. The number of hydrogen-bond donors (Lipinski definition) is 2. The average Bonchev–Trinajstić information content (AvgIpc) is 2.40. The van der Waals surface area contributed by atoms with E-state index in [-0.39, 0.29) is 5.44 Å². The van der Waals surface area contributed by atoms with Crippen LogP contribution in [-0.4, -0.2) is 22.3 Å². The number of aliphatic hydroxyl groups excluding tert-OH is 1. The molecule has 0 aliphatic heterocycles. The van der Waals surface area contributed by atoms with Crippen molar-refractivity contribution < 1.29 is 5.11 Å². The molecule has 0 aromatic heterocycles. The minimum absolute atomic E-state index is 0.330. The predicted molar refractivity (Wildman–Crippen MR) is 44.9 cm³/mol. The third kappa shape index (κ3) is 2.48.